The Kier molecular flexibility index (Phi) is 2.89. The van der Waals surface area contributed by atoms with Crippen LogP contribution in [0, 0.1) is 0 Å². The van der Waals surface area contributed by atoms with E-state index in [0.717, 1.165) is 23.3 Å². The minimum absolute atomic E-state index is 0.0718. The van der Waals surface area contributed by atoms with Gasteiger partial charge in [-0.2, -0.15) is 0 Å². The number of nitrogens with one attached hydrogen (secondary N) is 1. The number of hydrogen-bond donors (Lipinski definition) is 2. The molecule has 80 valence electrons. The number of nitrogens with two attached hydrogens (primary N) is 1. The highest BCUT2D eigenvalue weighted by atomic mass is 16.3. The van der Waals surface area contributed by atoms with Crippen LogP contribution in [0.5, 0.6) is 0 Å². The quantitative estimate of drug-likeness (QED) is 0.593. The van der Waals surface area contributed by atoms with Crippen LogP contribution in [-0.2, 0) is 6.42 Å². The van der Waals surface area contributed by atoms with Gasteiger partial charge in [-0.1, -0.05) is 6.92 Å². The molecule has 0 fully saturated rings. The van der Waals surface area contributed by atoms with Crippen LogP contribution in [0.3, 0.4) is 0 Å². The standard InChI is InChI=1S/C11H14N2O2/c1-2-10-9(4-6-15-10)11(13-12)8-3-5-14-7-8/h3-7,11,13H,2,12H2,1H3. The van der Waals surface area contributed by atoms with Gasteiger partial charge in [-0.05, 0) is 12.1 Å². The van der Waals surface area contributed by atoms with Gasteiger partial charge in [0.2, 0.25) is 0 Å². The first-order valence-electron chi connectivity index (χ1n) is 4.91. The van der Waals surface area contributed by atoms with Gasteiger partial charge in [0.05, 0.1) is 24.8 Å². The van der Waals surface area contributed by atoms with Crippen molar-refractivity contribution in [2.45, 2.75) is 19.4 Å². The second-order valence-corrected chi connectivity index (χ2v) is 3.31. The topological polar surface area (TPSA) is 64.3 Å². The summed E-state index contributed by atoms with van der Waals surface area (Å²) in [5.74, 6) is 6.49. The lowest BCUT2D eigenvalue weighted by atomic mass is 10.0. The van der Waals surface area contributed by atoms with Crippen molar-refractivity contribution in [1.82, 2.24) is 5.43 Å². The van der Waals surface area contributed by atoms with Crippen LogP contribution in [0.4, 0.5) is 0 Å². The van der Waals surface area contributed by atoms with Gasteiger partial charge in [-0.3, -0.25) is 5.84 Å². The van der Waals surface area contributed by atoms with E-state index in [1.807, 2.05) is 19.1 Å². The largest absolute Gasteiger partial charge is 0.472 e. The van der Waals surface area contributed by atoms with Crippen molar-refractivity contribution in [3.63, 3.8) is 0 Å². The predicted octanol–water partition coefficient (Wildman–Crippen LogP) is 1.99. The summed E-state index contributed by atoms with van der Waals surface area (Å²) in [7, 11) is 0. The summed E-state index contributed by atoms with van der Waals surface area (Å²) in [6.07, 6.45) is 5.83. The minimum Gasteiger partial charge on any atom is -0.472 e. The number of rotatable bonds is 4. The van der Waals surface area contributed by atoms with E-state index in [0.29, 0.717) is 0 Å². The monoisotopic (exact) mass is 206 g/mol. The molecule has 0 radical (unpaired) electrons. The van der Waals surface area contributed by atoms with E-state index in [2.05, 4.69) is 5.43 Å². The average Bonchev–Trinajstić information content (AvgIpc) is 2.89. The fraction of sp³-hybridized carbons (Fsp3) is 0.273. The lowest BCUT2D eigenvalue weighted by Crippen LogP contribution is -2.28. The SMILES string of the molecule is CCc1occc1C(NN)c1ccoc1. The van der Waals surface area contributed by atoms with Gasteiger partial charge in [-0.15, -0.1) is 0 Å². The minimum atomic E-state index is -0.0718. The Bertz CT molecular complexity index is 406. The van der Waals surface area contributed by atoms with Crippen LogP contribution < -0.4 is 11.3 Å². The molecule has 0 spiro atoms. The summed E-state index contributed by atoms with van der Waals surface area (Å²) < 4.78 is 10.4. The zero-order valence-corrected chi connectivity index (χ0v) is 8.57. The van der Waals surface area contributed by atoms with Crippen molar-refractivity contribution in [3.05, 3.63) is 47.8 Å². The van der Waals surface area contributed by atoms with E-state index < -0.39 is 0 Å². The van der Waals surface area contributed by atoms with Crippen molar-refractivity contribution in [2.24, 2.45) is 5.84 Å². The van der Waals surface area contributed by atoms with Crippen LogP contribution in [-0.4, -0.2) is 0 Å². The van der Waals surface area contributed by atoms with Crippen LogP contribution in [0.1, 0.15) is 29.9 Å². The molecule has 1 unspecified atom stereocenters. The molecule has 2 aromatic heterocycles. The number of hydrazine groups is 1. The zero-order valence-electron chi connectivity index (χ0n) is 8.57. The van der Waals surface area contributed by atoms with Crippen molar-refractivity contribution in [1.29, 1.82) is 0 Å². The van der Waals surface area contributed by atoms with Crippen molar-refractivity contribution in [2.75, 3.05) is 0 Å². The molecule has 2 heterocycles. The maximum atomic E-state index is 5.55. The summed E-state index contributed by atoms with van der Waals surface area (Å²) in [5, 5.41) is 0. The molecule has 0 aliphatic rings. The van der Waals surface area contributed by atoms with E-state index in [1.165, 1.54) is 0 Å². The van der Waals surface area contributed by atoms with Gasteiger partial charge in [0, 0.05) is 17.5 Å². The molecule has 0 aromatic carbocycles. The van der Waals surface area contributed by atoms with Crippen molar-refractivity contribution in [3.8, 4) is 0 Å². The molecule has 15 heavy (non-hydrogen) atoms. The molecular formula is C11H14N2O2. The Morgan fingerprint density at radius 2 is 2.27 bits per heavy atom. The van der Waals surface area contributed by atoms with Gasteiger partial charge in [-0.25, -0.2) is 5.43 Å². The number of aryl methyl sites for hydroxylation is 1. The van der Waals surface area contributed by atoms with Crippen molar-refractivity contribution >= 4 is 0 Å². The van der Waals surface area contributed by atoms with Gasteiger partial charge < -0.3 is 8.83 Å². The summed E-state index contributed by atoms with van der Waals surface area (Å²) in [6, 6.07) is 3.74. The molecule has 0 aliphatic carbocycles. The van der Waals surface area contributed by atoms with Crippen LogP contribution >= 0.6 is 0 Å². The maximum Gasteiger partial charge on any atom is 0.108 e. The summed E-state index contributed by atoms with van der Waals surface area (Å²) in [6.45, 7) is 2.05. The lowest BCUT2D eigenvalue weighted by Gasteiger charge is -2.13. The summed E-state index contributed by atoms with van der Waals surface area (Å²) in [5.41, 5.74) is 4.81. The first-order valence-corrected chi connectivity index (χ1v) is 4.91. The van der Waals surface area contributed by atoms with Crippen LogP contribution in [0.25, 0.3) is 0 Å². The van der Waals surface area contributed by atoms with E-state index in [1.54, 1.807) is 18.8 Å². The Morgan fingerprint density at radius 1 is 1.40 bits per heavy atom. The average molecular weight is 206 g/mol. The summed E-state index contributed by atoms with van der Waals surface area (Å²) in [4.78, 5) is 0. The van der Waals surface area contributed by atoms with E-state index in [4.69, 9.17) is 14.7 Å². The second kappa shape index (κ2) is 4.33. The first kappa shape index (κ1) is 10.0. The third-order valence-corrected chi connectivity index (χ3v) is 2.46. The fourth-order valence-electron chi connectivity index (χ4n) is 1.70. The molecule has 0 amide bonds. The lowest BCUT2D eigenvalue weighted by molar-refractivity contribution is 0.500. The van der Waals surface area contributed by atoms with Crippen molar-refractivity contribution < 1.29 is 8.83 Å². The Balaban J connectivity index is 2.35. The molecule has 1 atom stereocenters. The zero-order chi connectivity index (χ0) is 10.7. The van der Waals surface area contributed by atoms with E-state index >= 15 is 0 Å². The molecule has 2 aromatic rings. The highest BCUT2D eigenvalue weighted by Gasteiger charge is 2.18. The fourth-order valence-corrected chi connectivity index (χ4v) is 1.70. The smallest absolute Gasteiger partial charge is 0.108 e. The van der Waals surface area contributed by atoms with Gasteiger partial charge in [0.1, 0.15) is 5.76 Å². The maximum absolute atomic E-state index is 5.55. The van der Waals surface area contributed by atoms with Crippen LogP contribution in [0.15, 0.2) is 39.8 Å². The molecule has 3 N–H and O–H groups in total. The Labute approximate surface area is 88.0 Å². The predicted molar refractivity (Wildman–Crippen MR) is 56.0 cm³/mol. The Morgan fingerprint density at radius 3 is 2.87 bits per heavy atom. The number of hydrogen-bond acceptors (Lipinski definition) is 4. The van der Waals surface area contributed by atoms with Gasteiger partial charge in [0.15, 0.2) is 0 Å². The second-order valence-electron chi connectivity index (χ2n) is 3.31. The molecule has 2 rings (SSSR count). The molecule has 0 bridgehead atoms. The molecular weight excluding hydrogens is 192 g/mol. The van der Waals surface area contributed by atoms with E-state index in [9.17, 15) is 0 Å². The summed E-state index contributed by atoms with van der Waals surface area (Å²) >= 11 is 0. The normalized spacial score (nSPS) is 12.9. The van der Waals surface area contributed by atoms with Crippen LogP contribution in [0.2, 0.25) is 0 Å². The molecule has 0 aliphatic heterocycles. The molecule has 4 heteroatoms. The first-order chi connectivity index (χ1) is 7.36. The molecule has 0 saturated heterocycles. The third-order valence-electron chi connectivity index (χ3n) is 2.46. The molecule has 0 saturated carbocycles. The van der Waals surface area contributed by atoms with Gasteiger partial charge >= 0.3 is 0 Å². The highest BCUT2D eigenvalue weighted by molar-refractivity contribution is 5.31. The van der Waals surface area contributed by atoms with E-state index in [-0.39, 0.29) is 6.04 Å². The highest BCUT2D eigenvalue weighted by Crippen LogP contribution is 2.25. The number of furan rings is 2. The Hall–Kier alpha value is -1.52. The molecule has 4 nitrogen and oxygen atoms in total. The van der Waals surface area contributed by atoms with Gasteiger partial charge in [0.25, 0.3) is 0 Å². The third kappa shape index (κ3) is 1.82.